The summed E-state index contributed by atoms with van der Waals surface area (Å²) in [4.78, 5) is 40.5. The minimum Gasteiger partial charge on any atom is -0.336 e. The van der Waals surface area contributed by atoms with E-state index in [1.807, 2.05) is 29.8 Å². The largest absolute Gasteiger partial charge is 0.336 e. The summed E-state index contributed by atoms with van der Waals surface area (Å²) in [5, 5.41) is 7.32. The van der Waals surface area contributed by atoms with Gasteiger partial charge in [-0.15, -0.1) is 0 Å². The number of fused-ring (bicyclic) bond motifs is 2. The number of aromatic nitrogens is 6. The van der Waals surface area contributed by atoms with Crippen molar-refractivity contribution < 1.29 is 9.59 Å². The number of benzene rings is 1. The summed E-state index contributed by atoms with van der Waals surface area (Å²) in [5.41, 5.74) is 4.15. The summed E-state index contributed by atoms with van der Waals surface area (Å²) in [6.07, 6.45) is 5.14. The number of anilines is 1. The lowest BCUT2D eigenvalue weighted by atomic mass is 10.1. The third-order valence-electron chi connectivity index (χ3n) is 5.90. The van der Waals surface area contributed by atoms with E-state index in [-0.39, 0.29) is 17.7 Å². The molecule has 1 N–H and O–H groups in total. The van der Waals surface area contributed by atoms with Gasteiger partial charge < -0.3 is 10.2 Å². The molecular weight excluding hydrogens is 408 g/mol. The van der Waals surface area contributed by atoms with E-state index in [0.29, 0.717) is 35.1 Å². The molecule has 1 fully saturated rings. The number of carbonyl (C=O) groups excluding carboxylic acids is 2. The van der Waals surface area contributed by atoms with Crippen LogP contribution in [0.2, 0.25) is 0 Å². The molecule has 4 aromatic rings. The number of carbonyl (C=O) groups is 2. The van der Waals surface area contributed by atoms with Gasteiger partial charge in [0.05, 0.1) is 34.5 Å². The lowest BCUT2D eigenvalue weighted by molar-refractivity contribution is -0.117. The van der Waals surface area contributed by atoms with Crippen molar-refractivity contribution in [3.63, 3.8) is 0 Å². The third kappa shape index (κ3) is 2.87. The van der Waals surface area contributed by atoms with Gasteiger partial charge in [0.15, 0.2) is 5.82 Å². The van der Waals surface area contributed by atoms with Crippen LogP contribution < -0.4 is 5.32 Å². The minimum absolute atomic E-state index is 0.0277. The Bertz CT molecular complexity index is 1410. The number of aryl methyl sites for hydroxylation is 1. The summed E-state index contributed by atoms with van der Waals surface area (Å²) >= 11 is 0. The molecule has 1 aromatic carbocycles. The standard InChI is InChI=1S/C22H20N8O2/c1-28-9-14-18(22(28)32)16(8-17(25-14)26-21(31)12-6-7-12)30-11-23-19-13(4-3-5-15(19)30)20-24-10-29(2)27-20/h3-5,8,10-12H,6-7,9H2,1-2H3,(H,25,26,31). The summed E-state index contributed by atoms with van der Waals surface area (Å²) in [6, 6.07) is 7.53. The average molecular weight is 428 g/mol. The first-order valence-corrected chi connectivity index (χ1v) is 10.4. The molecule has 10 heteroatoms. The van der Waals surface area contributed by atoms with Crippen molar-refractivity contribution in [1.82, 2.24) is 34.2 Å². The van der Waals surface area contributed by atoms with Crippen molar-refractivity contribution in [2.45, 2.75) is 19.4 Å². The molecule has 0 saturated heterocycles. The molecule has 160 valence electrons. The van der Waals surface area contributed by atoms with Crippen LogP contribution in [0, 0.1) is 5.92 Å². The van der Waals surface area contributed by atoms with Gasteiger partial charge in [-0.05, 0) is 25.0 Å². The predicted molar refractivity (Wildman–Crippen MR) is 116 cm³/mol. The van der Waals surface area contributed by atoms with Crippen LogP contribution in [0.15, 0.2) is 36.9 Å². The van der Waals surface area contributed by atoms with Crippen molar-refractivity contribution in [2.75, 3.05) is 12.4 Å². The smallest absolute Gasteiger partial charge is 0.258 e. The number of amides is 2. The van der Waals surface area contributed by atoms with Gasteiger partial charge in [0.2, 0.25) is 5.91 Å². The first-order chi connectivity index (χ1) is 15.5. The van der Waals surface area contributed by atoms with Crippen molar-refractivity contribution in [2.24, 2.45) is 13.0 Å². The Morgan fingerprint density at radius 1 is 1.16 bits per heavy atom. The molecule has 6 rings (SSSR count). The fraction of sp³-hybridized carbons (Fsp3) is 0.273. The van der Waals surface area contributed by atoms with Crippen LogP contribution in [0.25, 0.3) is 28.1 Å². The number of pyridine rings is 1. The molecule has 1 aliphatic carbocycles. The lowest BCUT2D eigenvalue weighted by Gasteiger charge is -2.12. The summed E-state index contributed by atoms with van der Waals surface area (Å²) in [5.74, 6) is 0.951. The fourth-order valence-electron chi connectivity index (χ4n) is 4.12. The summed E-state index contributed by atoms with van der Waals surface area (Å²) in [7, 11) is 3.56. The highest BCUT2D eigenvalue weighted by Gasteiger charge is 2.33. The van der Waals surface area contributed by atoms with Crippen LogP contribution in [0.5, 0.6) is 0 Å². The molecule has 0 unspecified atom stereocenters. The van der Waals surface area contributed by atoms with Gasteiger partial charge in [-0.1, -0.05) is 6.07 Å². The maximum absolute atomic E-state index is 12.9. The van der Waals surface area contributed by atoms with Gasteiger partial charge in [0, 0.05) is 31.6 Å². The monoisotopic (exact) mass is 428 g/mol. The second-order valence-electron chi connectivity index (χ2n) is 8.30. The quantitative estimate of drug-likeness (QED) is 0.533. The number of nitrogens with one attached hydrogen (secondary N) is 1. The molecule has 2 amide bonds. The van der Waals surface area contributed by atoms with E-state index >= 15 is 0 Å². The van der Waals surface area contributed by atoms with Crippen LogP contribution >= 0.6 is 0 Å². The van der Waals surface area contributed by atoms with Gasteiger partial charge in [-0.2, -0.15) is 5.10 Å². The molecule has 2 aliphatic rings. The topological polar surface area (TPSA) is 111 Å². The first-order valence-electron chi connectivity index (χ1n) is 10.4. The van der Waals surface area contributed by atoms with Gasteiger partial charge >= 0.3 is 0 Å². The van der Waals surface area contributed by atoms with Crippen LogP contribution in [-0.4, -0.2) is 53.1 Å². The molecule has 4 heterocycles. The van der Waals surface area contributed by atoms with E-state index in [4.69, 9.17) is 0 Å². The Morgan fingerprint density at radius 3 is 2.75 bits per heavy atom. The maximum Gasteiger partial charge on any atom is 0.258 e. The van der Waals surface area contributed by atoms with Gasteiger partial charge in [0.1, 0.15) is 18.5 Å². The van der Waals surface area contributed by atoms with Crippen molar-refractivity contribution in [3.05, 3.63) is 48.2 Å². The fourth-order valence-corrected chi connectivity index (χ4v) is 4.12. The molecule has 1 aliphatic heterocycles. The number of rotatable bonds is 4. The lowest BCUT2D eigenvalue weighted by Crippen LogP contribution is -2.18. The van der Waals surface area contributed by atoms with E-state index in [2.05, 4.69) is 25.4 Å². The molecule has 0 spiro atoms. The van der Waals surface area contributed by atoms with E-state index in [1.165, 1.54) is 0 Å². The van der Waals surface area contributed by atoms with E-state index in [1.54, 1.807) is 35.4 Å². The second kappa shape index (κ2) is 6.71. The number of hydrogen-bond acceptors (Lipinski definition) is 6. The summed E-state index contributed by atoms with van der Waals surface area (Å²) in [6.45, 7) is 0.393. The Labute approximate surface area is 182 Å². The highest BCUT2D eigenvalue weighted by Crippen LogP contribution is 2.34. The summed E-state index contributed by atoms with van der Waals surface area (Å²) < 4.78 is 3.51. The Kier molecular flexibility index (Phi) is 3.91. The van der Waals surface area contributed by atoms with Crippen molar-refractivity contribution in [3.8, 4) is 17.1 Å². The number of hydrogen-bond donors (Lipinski definition) is 1. The molecule has 1 saturated carbocycles. The van der Waals surface area contributed by atoms with Crippen LogP contribution in [0.3, 0.4) is 0 Å². The minimum atomic E-state index is -0.105. The molecule has 0 atom stereocenters. The zero-order valence-electron chi connectivity index (χ0n) is 17.6. The Morgan fingerprint density at radius 2 is 2.00 bits per heavy atom. The SMILES string of the molecule is CN1Cc2nc(NC(=O)C3CC3)cc(-n3cnc4c(-c5ncn(C)n5)cccc43)c2C1=O. The van der Waals surface area contributed by atoms with Gasteiger partial charge in [-0.3, -0.25) is 18.8 Å². The van der Waals surface area contributed by atoms with Crippen molar-refractivity contribution >= 4 is 28.7 Å². The highest BCUT2D eigenvalue weighted by atomic mass is 16.2. The molecule has 0 bridgehead atoms. The second-order valence-corrected chi connectivity index (χ2v) is 8.30. The Balaban J connectivity index is 1.52. The Hall–Kier alpha value is -4.08. The van der Waals surface area contributed by atoms with E-state index in [0.717, 1.165) is 29.4 Å². The number of para-hydroxylation sites is 1. The molecule has 0 radical (unpaired) electrons. The number of nitrogens with zero attached hydrogens (tertiary/aromatic N) is 7. The normalized spacial score (nSPS) is 15.4. The first kappa shape index (κ1) is 18.7. The van der Waals surface area contributed by atoms with Crippen molar-refractivity contribution in [1.29, 1.82) is 0 Å². The van der Waals surface area contributed by atoms with Crippen LogP contribution in [0.1, 0.15) is 28.9 Å². The van der Waals surface area contributed by atoms with Gasteiger partial charge in [-0.25, -0.2) is 15.0 Å². The van der Waals surface area contributed by atoms with E-state index in [9.17, 15) is 9.59 Å². The molecule has 32 heavy (non-hydrogen) atoms. The molecular formula is C22H20N8O2. The predicted octanol–water partition coefficient (Wildman–Crippen LogP) is 2.15. The average Bonchev–Trinajstić information content (AvgIpc) is 3.30. The van der Waals surface area contributed by atoms with E-state index < -0.39 is 0 Å². The zero-order valence-corrected chi connectivity index (χ0v) is 17.6. The third-order valence-corrected chi connectivity index (χ3v) is 5.90. The highest BCUT2D eigenvalue weighted by molar-refractivity contribution is 6.03. The zero-order chi connectivity index (χ0) is 22.0. The van der Waals surface area contributed by atoms with Crippen LogP contribution in [0.4, 0.5) is 5.82 Å². The number of imidazole rings is 1. The molecule has 3 aromatic heterocycles. The van der Waals surface area contributed by atoms with Gasteiger partial charge in [0.25, 0.3) is 5.91 Å². The van der Waals surface area contributed by atoms with Crippen LogP contribution in [-0.2, 0) is 18.4 Å². The maximum atomic E-state index is 12.9. The molecule has 10 nitrogen and oxygen atoms in total.